The Hall–Kier alpha value is -3.47. The summed E-state index contributed by atoms with van der Waals surface area (Å²) in [5, 5.41) is 17.7. The Morgan fingerprint density at radius 3 is 2.12 bits per heavy atom. The molecule has 5 nitrogen and oxygen atoms in total. The SMILES string of the molecule is Oc1ccc(-c2ccc(-n3cc(-c4ccccn4)nn3)cc2)cc1. The third kappa shape index (κ3) is 2.75. The lowest BCUT2D eigenvalue weighted by Gasteiger charge is -2.04. The number of aromatic nitrogens is 4. The molecule has 0 spiro atoms. The van der Waals surface area contributed by atoms with Gasteiger partial charge in [0.1, 0.15) is 11.4 Å². The number of rotatable bonds is 3. The Bertz CT molecular complexity index is 945. The molecule has 1 N–H and O–H groups in total. The first-order valence-electron chi connectivity index (χ1n) is 7.53. The van der Waals surface area contributed by atoms with Crippen LogP contribution in [-0.4, -0.2) is 25.1 Å². The summed E-state index contributed by atoms with van der Waals surface area (Å²) in [6.07, 6.45) is 3.60. The third-order valence-electron chi connectivity index (χ3n) is 3.75. The topological polar surface area (TPSA) is 63.8 Å². The van der Waals surface area contributed by atoms with Crippen molar-refractivity contribution in [2.75, 3.05) is 0 Å². The van der Waals surface area contributed by atoms with Gasteiger partial charge >= 0.3 is 0 Å². The average Bonchev–Trinajstić information content (AvgIpc) is 3.13. The molecular weight excluding hydrogens is 300 g/mol. The molecule has 0 bridgehead atoms. The molecule has 5 heteroatoms. The molecular formula is C19H14N4O. The monoisotopic (exact) mass is 314 g/mol. The smallest absolute Gasteiger partial charge is 0.131 e. The Labute approximate surface area is 138 Å². The molecule has 0 unspecified atom stereocenters. The molecule has 0 radical (unpaired) electrons. The van der Waals surface area contributed by atoms with Crippen molar-refractivity contribution >= 4 is 0 Å². The van der Waals surface area contributed by atoms with Crippen molar-refractivity contribution in [1.29, 1.82) is 0 Å². The van der Waals surface area contributed by atoms with Gasteiger partial charge in [-0.15, -0.1) is 5.10 Å². The Morgan fingerprint density at radius 2 is 1.46 bits per heavy atom. The maximum Gasteiger partial charge on any atom is 0.131 e. The summed E-state index contributed by atoms with van der Waals surface area (Å²) >= 11 is 0. The molecule has 0 saturated heterocycles. The van der Waals surface area contributed by atoms with Gasteiger partial charge in [-0.3, -0.25) is 4.98 Å². The minimum atomic E-state index is 0.264. The van der Waals surface area contributed by atoms with Crippen molar-refractivity contribution < 1.29 is 5.11 Å². The van der Waals surface area contributed by atoms with Crippen LogP contribution in [0.3, 0.4) is 0 Å². The van der Waals surface area contributed by atoms with E-state index in [2.05, 4.69) is 15.3 Å². The van der Waals surface area contributed by atoms with E-state index in [-0.39, 0.29) is 5.75 Å². The molecule has 2 heterocycles. The third-order valence-corrected chi connectivity index (χ3v) is 3.75. The van der Waals surface area contributed by atoms with Crippen molar-refractivity contribution in [3.8, 4) is 34.0 Å². The van der Waals surface area contributed by atoms with E-state index in [4.69, 9.17) is 0 Å². The highest BCUT2D eigenvalue weighted by atomic mass is 16.3. The lowest BCUT2D eigenvalue weighted by Crippen LogP contribution is -1.94. The van der Waals surface area contributed by atoms with Gasteiger partial charge in [-0.25, -0.2) is 4.68 Å². The fourth-order valence-electron chi connectivity index (χ4n) is 2.48. The first-order chi connectivity index (χ1) is 11.8. The molecule has 4 rings (SSSR count). The van der Waals surface area contributed by atoms with Crippen LogP contribution in [0.25, 0.3) is 28.2 Å². The van der Waals surface area contributed by atoms with Crippen LogP contribution in [0, 0.1) is 0 Å². The van der Waals surface area contributed by atoms with Crippen molar-refractivity contribution in [3.05, 3.63) is 79.1 Å². The fourth-order valence-corrected chi connectivity index (χ4v) is 2.48. The second-order valence-corrected chi connectivity index (χ2v) is 5.36. The average molecular weight is 314 g/mol. The number of aromatic hydroxyl groups is 1. The minimum absolute atomic E-state index is 0.264. The molecule has 0 saturated carbocycles. The van der Waals surface area contributed by atoms with Gasteiger partial charge in [-0.1, -0.05) is 35.5 Å². The number of phenolic OH excluding ortho intramolecular Hbond substituents is 1. The van der Waals surface area contributed by atoms with Gasteiger partial charge in [0.15, 0.2) is 0 Å². The summed E-state index contributed by atoms with van der Waals surface area (Å²) in [5.41, 5.74) is 4.57. The molecule has 2 aromatic heterocycles. The van der Waals surface area contributed by atoms with Gasteiger partial charge in [0.25, 0.3) is 0 Å². The standard InChI is InChI=1S/C19H14N4O/c24-17-10-6-15(7-11-17)14-4-8-16(9-5-14)23-13-19(21-22-23)18-3-1-2-12-20-18/h1-13,24H. The Kier molecular flexibility index (Phi) is 3.51. The summed E-state index contributed by atoms with van der Waals surface area (Å²) in [7, 11) is 0. The zero-order valence-electron chi connectivity index (χ0n) is 12.7. The van der Waals surface area contributed by atoms with E-state index < -0.39 is 0 Å². The zero-order valence-corrected chi connectivity index (χ0v) is 12.7. The maximum atomic E-state index is 9.37. The zero-order chi connectivity index (χ0) is 16.4. The van der Waals surface area contributed by atoms with Gasteiger partial charge in [0, 0.05) is 6.20 Å². The molecule has 2 aromatic carbocycles. The van der Waals surface area contributed by atoms with Gasteiger partial charge < -0.3 is 5.11 Å². The highest BCUT2D eigenvalue weighted by Gasteiger charge is 2.06. The van der Waals surface area contributed by atoms with Crippen LogP contribution in [0.4, 0.5) is 0 Å². The van der Waals surface area contributed by atoms with Crippen molar-refractivity contribution in [2.24, 2.45) is 0 Å². The lowest BCUT2D eigenvalue weighted by molar-refractivity contribution is 0.475. The van der Waals surface area contributed by atoms with Crippen LogP contribution in [0.2, 0.25) is 0 Å². The highest BCUT2D eigenvalue weighted by Crippen LogP contribution is 2.23. The lowest BCUT2D eigenvalue weighted by atomic mass is 10.1. The van der Waals surface area contributed by atoms with Crippen LogP contribution in [0.5, 0.6) is 5.75 Å². The molecule has 24 heavy (non-hydrogen) atoms. The van der Waals surface area contributed by atoms with E-state index in [0.29, 0.717) is 0 Å². The molecule has 0 aliphatic rings. The molecule has 0 fully saturated rings. The Morgan fingerprint density at radius 1 is 0.750 bits per heavy atom. The number of hydrogen-bond acceptors (Lipinski definition) is 4. The summed E-state index contributed by atoms with van der Waals surface area (Å²) in [6.45, 7) is 0. The number of pyridine rings is 1. The van der Waals surface area contributed by atoms with E-state index in [0.717, 1.165) is 28.2 Å². The second kappa shape index (κ2) is 5.96. The molecule has 0 aliphatic heterocycles. The quantitative estimate of drug-likeness (QED) is 0.626. The molecule has 116 valence electrons. The van der Waals surface area contributed by atoms with E-state index in [9.17, 15) is 5.11 Å². The van der Waals surface area contributed by atoms with Crippen molar-refractivity contribution in [3.63, 3.8) is 0 Å². The fraction of sp³-hybridized carbons (Fsp3) is 0. The Balaban J connectivity index is 1.61. The summed E-state index contributed by atoms with van der Waals surface area (Å²) < 4.78 is 1.73. The number of hydrogen-bond donors (Lipinski definition) is 1. The van der Waals surface area contributed by atoms with Crippen LogP contribution >= 0.6 is 0 Å². The van der Waals surface area contributed by atoms with E-state index in [1.165, 1.54) is 0 Å². The van der Waals surface area contributed by atoms with Gasteiger partial charge in [0.2, 0.25) is 0 Å². The van der Waals surface area contributed by atoms with Crippen LogP contribution in [0.1, 0.15) is 0 Å². The summed E-state index contributed by atoms with van der Waals surface area (Å²) in [4.78, 5) is 4.28. The molecule has 0 atom stereocenters. The molecule has 4 aromatic rings. The van der Waals surface area contributed by atoms with E-state index in [1.807, 2.05) is 60.8 Å². The second-order valence-electron chi connectivity index (χ2n) is 5.36. The van der Waals surface area contributed by atoms with Gasteiger partial charge in [-0.2, -0.15) is 0 Å². The maximum absolute atomic E-state index is 9.37. The number of benzene rings is 2. The van der Waals surface area contributed by atoms with Crippen LogP contribution in [0.15, 0.2) is 79.1 Å². The largest absolute Gasteiger partial charge is 0.508 e. The van der Waals surface area contributed by atoms with E-state index in [1.54, 1.807) is 23.0 Å². The van der Waals surface area contributed by atoms with Crippen LogP contribution in [-0.2, 0) is 0 Å². The van der Waals surface area contributed by atoms with E-state index >= 15 is 0 Å². The molecule has 0 aliphatic carbocycles. The molecule has 0 amide bonds. The van der Waals surface area contributed by atoms with Crippen molar-refractivity contribution in [2.45, 2.75) is 0 Å². The number of nitrogens with zero attached hydrogens (tertiary/aromatic N) is 4. The van der Waals surface area contributed by atoms with Gasteiger partial charge in [-0.05, 0) is 47.5 Å². The normalized spacial score (nSPS) is 10.7. The summed E-state index contributed by atoms with van der Waals surface area (Å²) in [5.74, 6) is 0.264. The minimum Gasteiger partial charge on any atom is -0.508 e. The van der Waals surface area contributed by atoms with Gasteiger partial charge in [0.05, 0.1) is 17.6 Å². The first kappa shape index (κ1) is 14.1. The van der Waals surface area contributed by atoms with Crippen LogP contribution < -0.4 is 0 Å². The predicted molar refractivity (Wildman–Crippen MR) is 91.7 cm³/mol. The summed E-state index contributed by atoms with van der Waals surface area (Å²) in [6, 6.07) is 20.8. The van der Waals surface area contributed by atoms with Crippen molar-refractivity contribution in [1.82, 2.24) is 20.0 Å². The predicted octanol–water partition coefficient (Wildman–Crippen LogP) is 3.70. The first-order valence-corrected chi connectivity index (χ1v) is 7.53. The number of phenols is 1. The highest BCUT2D eigenvalue weighted by molar-refractivity contribution is 5.65.